The Labute approximate surface area is 171 Å². The van der Waals surface area contributed by atoms with Crippen LogP contribution in [-0.4, -0.2) is 41.8 Å². The Morgan fingerprint density at radius 3 is 2.55 bits per heavy atom. The van der Waals surface area contributed by atoms with Gasteiger partial charge in [-0.05, 0) is 49.6 Å². The van der Waals surface area contributed by atoms with Crippen molar-refractivity contribution in [3.05, 3.63) is 65.7 Å². The summed E-state index contributed by atoms with van der Waals surface area (Å²) in [5, 5.41) is 5.75. The molecule has 0 saturated carbocycles. The van der Waals surface area contributed by atoms with Crippen LogP contribution in [0.4, 0.5) is 5.69 Å². The molecular formula is C23H27N3O3. The highest BCUT2D eigenvalue weighted by molar-refractivity contribution is 6.05. The Hall–Kier alpha value is -3.15. The van der Waals surface area contributed by atoms with Gasteiger partial charge in [0.1, 0.15) is 6.04 Å². The normalized spacial score (nSPS) is 15.8. The van der Waals surface area contributed by atoms with E-state index in [9.17, 15) is 14.4 Å². The molecular weight excluding hydrogens is 366 g/mol. The van der Waals surface area contributed by atoms with Crippen molar-refractivity contribution in [2.24, 2.45) is 0 Å². The maximum Gasteiger partial charge on any atom is 0.255 e. The van der Waals surface area contributed by atoms with E-state index in [0.29, 0.717) is 36.3 Å². The third-order valence-corrected chi connectivity index (χ3v) is 5.05. The van der Waals surface area contributed by atoms with Crippen LogP contribution in [-0.2, 0) is 4.79 Å². The van der Waals surface area contributed by atoms with Crippen molar-refractivity contribution in [1.82, 2.24) is 10.2 Å². The van der Waals surface area contributed by atoms with Crippen LogP contribution >= 0.6 is 0 Å². The summed E-state index contributed by atoms with van der Waals surface area (Å²) in [5.41, 5.74) is 1.56. The molecule has 152 valence electrons. The van der Waals surface area contributed by atoms with Crippen molar-refractivity contribution in [2.75, 3.05) is 18.4 Å². The topological polar surface area (TPSA) is 78.5 Å². The highest BCUT2D eigenvalue weighted by atomic mass is 16.2. The van der Waals surface area contributed by atoms with E-state index in [4.69, 9.17) is 0 Å². The summed E-state index contributed by atoms with van der Waals surface area (Å²) in [5.74, 6) is -0.503. The van der Waals surface area contributed by atoms with Gasteiger partial charge in [0, 0.05) is 29.9 Å². The van der Waals surface area contributed by atoms with Crippen LogP contribution in [0.3, 0.4) is 0 Å². The third kappa shape index (κ3) is 5.22. The van der Waals surface area contributed by atoms with E-state index < -0.39 is 6.04 Å². The molecule has 1 unspecified atom stereocenters. The summed E-state index contributed by atoms with van der Waals surface area (Å²) in [6.07, 6.45) is 3.42. The number of anilines is 1. The Bertz CT molecular complexity index is 867. The fourth-order valence-electron chi connectivity index (χ4n) is 3.48. The van der Waals surface area contributed by atoms with Gasteiger partial charge in [0.15, 0.2) is 0 Å². The van der Waals surface area contributed by atoms with Crippen molar-refractivity contribution in [1.29, 1.82) is 0 Å². The molecule has 1 aliphatic rings. The van der Waals surface area contributed by atoms with Crippen molar-refractivity contribution in [3.63, 3.8) is 0 Å². The lowest BCUT2D eigenvalue weighted by molar-refractivity contribution is -0.124. The van der Waals surface area contributed by atoms with Gasteiger partial charge in [-0.15, -0.1) is 0 Å². The number of nitrogens with zero attached hydrogens (tertiary/aromatic N) is 1. The third-order valence-electron chi connectivity index (χ3n) is 5.05. The van der Waals surface area contributed by atoms with Crippen molar-refractivity contribution in [2.45, 2.75) is 38.6 Å². The number of unbranched alkanes of at least 4 members (excludes halogenated alkanes) is 1. The van der Waals surface area contributed by atoms with Gasteiger partial charge in [0.2, 0.25) is 5.91 Å². The lowest BCUT2D eigenvalue weighted by Crippen LogP contribution is -2.46. The largest absolute Gasteiger partial charge is 0.354 e. The molecule has 1 fully saturated rings. The zero-order valence-electron chi connectivity index (χ0n) is 16.7. The molecule has 29 heavy (non-hydrogen) atoms. The van der Waals surface area contributed by atoms with Crippen LogP contribution in [0.1, 0.15) is 53.3 Å². The lowest BCUT2D eigenvalue weighted by Gasteiger charge is -2.24. The molecule has 3 rings (SSSR count). The number of carbonyl (C=O) groups excluding carboxylic acids is 3. The van der Waals surface area contributed by atoms with Crippen molar-refractivity contribution >= 4 is 23.4 Å². The molecule has 1 saturated heterocycles. The van der Waals surface area contributed by atoms with E-state index in [2.05, 4.69) is 17.6 Å². The molecule has 2 aromatic rings. The monoisotopic (exact) mass is 393 g/mol. The van der Waals surface area contributed by atoms with Gasteiger partial charge in [0.25, 0.3) is 11.8 Å². The van der Waals surface area contributed by atoms with Crippen LogP contribution in [0.15, 0.2) is 54.6 Å². The minimum atomic E-state index is -0.429. The predicted molar refractivity (Wildman–Crippen MR) is 113 cm³/mol. The maximum atomic E-state index is 13.0. The first-order chi connectivity index (χ1) is 14.1. The van der Waals surface area contributed by atoms with Crippen LogP contribution < -0.4 is 10.6 Å². The minimum Gasteiger partial charge on any atom is -0.354 e. The molecule has 0 spiro atoms. The van der Waals surface area contributed by atoms with Gasteiger partial charge >= 0.3 is 0 Å². The number of amides is 3. The summed E-state index contributed by atoms with van der Waals surface area (Å²) in [4.78, 5) is 39.5. The number of carbonyl (C=O) groups is 3. The smallest absolute Gasteiger partial charge is 0.255 e. The van der Waals surface area contributed by atoms with E-state index >= 15 is 0 Å². The maximum absolute atomic E-state index is 13.0. The van der Waals surface area contributed by atoms with Gasteiger partial charge in [-0.25, -0.2) is 0 Å². The SMILES string of the molecule is CCCCNC(=O)C1CCCN1C(=O)c1cccc(NC(=O)c2ccccc2)c1. The zero-order valence-corrected chi connectivity index (χ0v) is 16.7. The van der Waals surface area contributed by atoms with Crippen molar-refractivity contribution in [3.8, 4) is 0 Å². The highest BCUT2D eigenvalue weighted by Gasteiger charge is 2.34. The van der Waals surface area contributed by atoms with Crippen LogP contribution in [0.25, 0.3) is 0 Å². The van der Waals surface area contributed by atoms with E-state index in [1.807, 2.05) is 6.07 Å². The first-order valence-electron chi connectivity index (χ1n) is 10.2. The number of hydrogen-bond acceptors (Lipinski definition) is 3. The summed E-state index contributed by atoms with van der Waals surface area (Å²) in [6.45, 7) is 3.27. The molecule has 1 atom stereocenters. The van der Waals surface area contributed by atoms with Gasteiger partial charge in [0.05, 0.1) is 0 Å². The van der Waals surface area contributed by atoms with E-state index in [1.165, 1.54) is 0 Å². The second kappa shape index (κ2) is 9.87. The number of likely N-dealkylation sites (tertiary alicyclic amines) is 1. The van der Waals surface area contributed by atoms with Crippen molar-refractivity contribution < 1.29 is 14.4 Å². The van der Waals surface area contributed by atoms with Crippen LogP contribution in [0, 0.1) is 0 Å². The Balaban J connectivity index is 1.68. The summed E-state index contributed by atoms with van der Waals surface area (Å²) >= 11 is 0. The molecule has 2 aromatic carbocycles. The lowest BCUT2D eigenvalue weighted by atomic mass is 10.1. The van der Waals surface area contributed by atoms with Gasteiger partial charge in [-0.1, -0.05) is 37.6 Å². The van der Waals surface area contributed by atoms with E-state index in [0.717, 1.165) is 19.3 Å². The zero-order chi connectivity index (χ0) is 20.6. The number of nitrogens with one attached hydrogen (secondary N) is 2. The molecule has 0 aliphatic carbocycles. The van der Waals surface area contributed by atoms with Gasteiger partial charge in [-0.2, -0.15) is 0 Å². The fourth-order valence-corrected chi connectivity index (χ4v) is 3.48. The Morgan fingerprint density at radius 1 is 1.03 bits per heavy atom. The molecule has 1 aliphatic heterocycles. The molecule has 0 aromatic heterocycles. The van der Waals surface area contributed by atoms with Gasteiger partial charge < -0.3 is 15.5 Å². The molecule has 0 bridgehead atoms. The molecule has 6 nitrogen and oxygen atoms in total. The summed E-state index contributed by atoms with van der Waals surface area (Å²) in [6, 6.07) is 15.3. The average Bonchev–Trinajstić information content (AvgIpc) is 3.24. The summed E-state index contributed by atoms with van der Waals surface area (Å²) < 4.78 is 0. The average molecular weight is 393 g/mol. The fraction of sp³-hybridized carbons (Fsp3) is 0.348. The Kier molecular flexibility index (Phi) is 7.00. The summed E-state index contributed by atoms with van der Waals surface area (Å²) in [7, 11) is 0. The van der Waals surface area contributed by atoms with Crippen LogP contribution in [0.5, 0.6) is 0 Å². The molecule has 2 N–H and O–H groups in total. The second-order valence-corrected chi connectivity index (χ2v) is 7.20. The first kappa shape index (κ1) is 20.6. The van der Waals surface area contributed by atoms with E-state index in [1.54, 1.807) is 53.4 Å². The quantitative estimate of drug-likeness (QED) is 0.707. The van der Waals surface area contributed by atoms with Gasteiger partial charge in [-0.3, -0.25) is 14.4 Å². The predicted octanol–water partition coefficient (Wildman–Crippen LogP) is 3.46. The molecule has 1 heterocycles. The minimum absolute atomic E-state index is 0.0853. The number of hydrogen-bond donors (Lipinski definition) is 2. The Morgan fingerprint density at radius 2 is 1.79 bits per heavy atom. The highest BCUT2D eigenvalue weighted by Crippen LogP contribution is 2.22. The van der Waals surface area contributed by atoms with E-state index in [-0.39, 0.29) is 17.7 Å². The second-order valence-electron chi connectivity index (χ2n) is 7.20. The molecule has 6 heteroatoms. The molecule has 0 radical (unpaired) electrons. The molecule has 3 amide bonds. The number of benzene rings is 2. The van der Waals surface area contributed by atoms with Crippen LogP contribution in [0.2, 0.25) is 0 Å². The standard InChI is InChI=1S/C23H27N3O3/c1-2-3-14-24-22(28)20-13-8-15-26(20)23(29)18-11-7-12-19(16-18)25-21(27)17-9-5-4-6-10-17/h4-7,9-12,16,20H,2-3,8,13-15H2,1H3,(H,24,28)(H,25,27). The first-order valence-corrected chi connectivity index (χ1v) is 10.2. The number of rotatable bonds is 7.